The quantitative estimate of drug-likeness (QED) is 0.251. The Morgan fingerprint density at radius 1 is 0.909 bits per heavy atom. The molecule has 0 spiro atoms. The summed E-state index contributed by atoms with van der Waals surface area (Å²) >= 11 is 1.86. The molecule has 2 aromatic heterocycles. The van der Waals surface area contributed by atoms with Crippen molar-refractivity contribution in [2.24, 2.45) is 5.92 Å². The van der Waals surface area contributed by atoms with E-state index in [0.717, 1.165) is 17.1 Å². The monoisotopic (exact) mass is 466 g/mol. The number of benzene rings is 3. The maximum atomic E-state index is 4.82. The van der Waals surface area contributed by atoms with Crippen molar-refractivity contribution in [2.45, 2.75) is 51.7 Å². The van der Waals surface area contributed by atoms with Gasteiger partial charge in [-0.05, 0) is 40.8 Å². The van der Waals surface area contributed by atoms with Gasteiger partial charge in [0, 0.05) is 15.6 Å². The minimum Gasteiger partial charge on any atom is -0.235 e. The zero-order valence-corrected chi connectivity index (χ0v) is 21.5. The van der Waals surface area contributed by atoms with E-state index in [2.05, 4.69) is 74.2 Å². The second kappa shape index (κ2) is 8.03. The Bertz CT molecular complexity index is 1490. The average molecular weight is 467 g/mol. The van der Waals surface area contributed by atoms with E-state index in [1.807, 2.05) is 11.3 Å². The van der Waals surface area contributed by atoms with E-state index in [-0.39, 0.29) is 0 Å². The van der Waals surface area contributed by atoms with E-state index >= 15 is 0 Å². The minimum absolute atomic E-state index is 0.866. The molecule has 2 nitrogen and oxygen atoms in total. The predicted molar refractivity (Wildman–Crippen MR) is 147 cm³/mol. The van der Waals surface area contributed by atoms with Crippen molar-refractivity contribution < 1.29 is 0 Å². The van der Waals surface area contributed by atoms with E-state index in [1.165, 1.54) is 74.0 Å². The number of hydrogen-bond acceptors (Lipinski definition) is 3. The lowest BCUT2D eigenvalue weighted by Gasteiger charge is -2.21. The lowest BCUT2D eigenvalue weighted by atomic mass is 9.97. The summed E-state index contributed by atoms with van der Waals surface area (Å²) in [5.41, 5.74) is 4.86. The normalized spacial score (nSPS) is 15.2. The number of rotatable bonds is 4. The summed E-state index contributed by atoms with van der Waals surface area (Å²) < 4.78 is 2.55. The van der Waals surface area contributed by atoms with E-state index in [1.54, 1.807) is 6.33 Å². The van der Waals surface area contributed by atoms with Crippen LogP contribution in [0.1, 0.15) is 31.2 Å². The lowest BCUT2D eigenvalue weighted by Crippen LogP contribution is -2.38. The maximum absolute atomic E-state index is 4.82. The summed E-state index contributed by atoms with van der Waals surface area (Å²) in [6.45, 7) is 7.29. The first-order valence-corrected chi connectivity index (χ1v) is 16.5. The van der Waals surface area contributed by atoms with Crippen molar-refractivity contribution in [3.63, 3.8) is 0 Å². The summed E-state index contributed by atoms with van der Waals surface area (Å²) in [5.74, 6) is 0.866. The molecule has 5 aromatic rings. The topological polar surface area (TPSA) is 25.8 Å². The highest BCUT2D eigenvalue weighted by atomic mass is 32.1. The molecule has 0 N–H and O–H groups in total. The standard InChI is InChI=1S/C29H30N2SSi/c1-33(2,3)26-17-22(16-21-10-6-7-11-23(21)26)27-29-28(31-18-30-27)24-13-12-20(15-25(24)32-29)14-19-8-4-5-9-19/h6-7,10-13,15-19H,4-5,8-9,14H2,1-3H3. The maximum Gasteiger partial charge on any atom is 0.116 e. The zero-order valence-electron chi connectivity index (χ0n) is 19.7. The first-order valence-electron chi connectivity index (χ1n) is 12.2. The molecule has 0 unspecified atom stereocenters. The van der Waals surface area contributed by atoms with Crippen molar-refractivity contribution in [2.75, 3.05) is 0 Å². The van der Waals surface area contributed by atoms with Crippen molar-refractivity contribution in [1.82, 2.24) is 9.97 Å². The van der Waals surface area contributed by atoms with Gasteiger partial charge in [0.25, 0.3) is 0 Å². The predicted octanol–water partition coefficient (Wildman–Crippen LogP) is 7.94. The highest BCUT2D eigenvalue weighted by Gasteiger charge is 2.22. The Balaban J connectivity index is 1.52. The SMILES string of the molecule is C[Si](C)(C)c1cc(-c2ncnc3c2sc2cc(CC4CCCC4)ccc23)cc2ccccc12. The van der Waals surface area contributed by atoms with Crippen LogP contribution in [-0.4, -0.2) is 18.0 Å². The summed E-state index contributed by atoms with van der Waals surface area (Å²) in [4.78, 5) is 9.55. The number of fused-ring (bicyclic) bond motifs is 4. The second-order valence-electron chi connectivity index (χ2n) is 10.7. The van der Waals surface area contributed by atoms with E-state index < -0.39 is 8.07 Å². The van der Waals surface area contributed by atoms with Crippen LogP contribution in [0.2, 0.25) is 19.6 Å². The first kappa shape index (κ1) is 21.0. The Morgan fingerprint density at radius 2 is 1.73 bits per heavy atom. The largest absolute Gasteiger partial charge is 0.235 e. The van der Waals surface area contributed by atoms with Crippen LogP contribution < -0.4 is 5.19 Å². The molecular weight excluding hydrogens is 436 g/mol. The number of aromatic nitrogens is 2. The molecule has 1 aliphatic carbocycles. The molecule has 1 aliphatic rings. The average Bonchev–Trinajstić information content (AvgIpc) is 3.44. The molecule has 0 saturated heterocycles. The summed E-state index contributed by atoms with van der Waals surface area (Å²) in [7, 11) is -1.53. The summed E-state index contributed by atoms with van der Waals surface area (Å²) in [5, 5.41) is 5.46. The molecule has 3 aromatic carbocycles. The highest BCUT2D eigenvalue weighted by Crippen LogP contribution is 2.39. The Labute approximate surface area is 200 Å². The van der Waals surface area contributed by atoms with Crippen LogP contribution in [0.15, 0.2) is 60.9 Å². The van der Waals surface area contributed by atoms with Gasteiger partial charge >= 0.3 is 0 Å². The fourth-order valence-electron chi connectivity index (χ4n) is 5.57. The highest BCUT2D eigenvalue weighted by molar-refractivity contribution is 7.26. The molecule has 33 heavy (non-hydrogen) atoms. The minimum atomic E-state index is -1.53. The van der Waals surface area contributed by atoms with Gasteiger partial charge in [-0.25, -0.2) is 9.97 Å². The molecule has 1 saturated carbocycles. The van der Waals surface area contributed by atoms with Crippen molar-refractivity contribution in [3.05, 3.63) is 66.5 Å². The van der Waals surface area contributed by atoms with Crippen LogP contribution >= 0.6 is 11.3 Å². The Kier molecular flexibility index (Phi) is 5.11. The molecule has 166 valence electrons. The molecule has 6 rings (SSSR count). The Morgan fingerprint density at radius 3 is 2.55 bits per heavy atom. The van der Waals surface area contributed by atoms with Crippen LogP contribution in [0.25, 0.3) is 42.3 Å². The third kappa shape index (κ3) is 3.79. The Hall–Kier alpha value is -2.56. The van der Waals surface area contributed by atoms with Gasteiger partial charge in [0.15, 0.2) is 0 Å². The van der Waals surface area contributed by atoms with Gasteiger partial charge in [-0.3, -0.25) is 0 Å². The fraction of sp³-hybridized carbons (Fsp3) is 0.310. The van der Waals surface area contributed by atoms with Gasteiger partial charge in [0.05, 0.1) is 24.0 Å². The van der Waals surface area contributed by atoms with Crippen LogP contribution in [0.4, 0.5) is 0 Å². The van der Waals surface area contributed by atoms with Crippen LogP contribution in [0.3, 0.4) is 0 Å². The third-order valence-electron chi connectivity index (χ3n) is 7.26. The lowest BCUT2D eigenvalue weighted by molar-refractivity contribution is 0.547. The van der Waals surface area contributed by atoms with Crippen LogP contribution in [0, 0.1) is 5.92 Å². The van der Waals surface area contributed by atoms with Gasteiger partial charge in [-0.2, -0.15) is 0 Å². The van der Waals surface area contributed by atoms with E-state index in [0.29, 0.717) is 0 Å². The number of hydrogen-bond donors (Lipinski definition) is 0. The van der Waals surface area contributed by atoms with Gasteiger partial charge < -0.3 is 0 Å². The van der Waals surface area contributed by atoms with E-state index in [9.17, 15) is 0 Å². The number of nitrogens with zero attached hydrogens (tertiary/aromatic N) is 2. The first-order chi connectivity index (χ1) is 16.0. The zero-order chi connectivity index (χ0) is 22.6. The van der Waals surface area contributed by atoms with Crippen LogP contribution in [-0.2, 0) is 6.42 Å². The van der Waals surface area contributed by atoms with Crippen molar-refractivity contribution in [3.8, 4) is 11.3 Å². The van der Waals surface area contributed by atoms with Crippen LogP contribution in [0.5, 0.6) is 0 Å². The molecule has 4 heteroatoms. The van der Waals surface area contributed by atoms with Crippen molar-refractivity contribution in [1.29, 1.82) is 0 Å². The number of thiophene rings is 1. The molecule has 0 amide bonds. The van der Waals surface area contributed by atoms with Crippen molar-refractivity contribution >= 4 is 55.7 Å². The second-order valence-corrected chi connectivity index (χ2v) is 16.8. The molecule has 0 radical (unpaired) electrons. The van der Waals surface area contributed by atoms with E-state index in [4.69, 9.17) is 9.97 Å². The van der Waals surface area contributed by atoms with Gasteiger partial charge in [0.1, 0.15) is 6.33 Å². The summed E-state index contributed by atoms with van der Waals surface area (Å²) in [6, 6.07) is 20.6. The molecule has 1 fully saturated rings. The third-order valence-corrected chi connectivity index (χ3v) is 10.4. The van der Waals surface area contributed by atoms with Gasteiger partial charge in [0.2, 0.25) is 0 Å². The fourth-order valence-corrected chi connectivity index (χ4v) is 8.42. The smallest absolute Gasteiger partial charge is 0.116 e. The molecule has 2 heterocycles. The van der Waals surface area contributed by atoms with Gasteiger partial charge in [-0.1, -0.05) is 93.0 Å². The molecule has 0 atom stereocenters. The molecule has 0 aliphatic heterocycles. The summed E-state index contributed by atoms with van der Waals surface area (Å²) in [6.07, 6.45) is 8.55. The van der Waals surface area contributed by atoms with Gasteiger partial charge in [-0.15, -0.1) is 11.3 Å². The molecular formula is C29H30N2SSi. The molecule has 0 bridgehead atoms.